The maximum Gasteiger partial charge on any atom is 0.243 e. The summed E-state index contributed by atoms with van der Waals surface area (Å²) < 4.78 is 35.7. The molecule has 1 atom stereocenters. The van der Waals surface area contributed by atoms with Crippen molar-refractivity contribution in [1.82, 2.24) is 5.32 Å². The van der Waals surface area contributed by atoms with Crippen LogP contribution in [0.5, 0.6) is 5.75 Å². The second-order valence-corrected chi connectivity index (χ2v) is 7.13. The van der Waals surface area contributed by atoms with E-state index in [1.165, 1.54) is 7.11 Å². The minimum atomic E-state index is -3.61. The van der Waals surface area contributed by atoms with Gasteiger partial charge in [0.25, 0.3) is 0 Å². The molecule has 1 aromatic rings. The average Bonchev–Trinajstić information content (AvgIpc) is 2.54. The molecule has 1 amide bonds. The van der Waals surface area contributed by atoms with E-state index in [1.54, 1.807) is 31.2 Å². The molecule has 0 aliphatic heterocycles. The first-order valence-corrected chi connectivity index (χ1v) is 9.65. The van der Waals surface area contributed by atoms with Crippen molar-refractivity contribution in [2.75, 3.05) is 37.4 Å². The molecule has 0 saturated heterocycles. The highest BCUT2D eigenvalue weighted by Crippen LogP contribution is 2.23. The molecule has 0 fully saturated rings. The van der Waals surface area contributed by atoms with Crippen LogP contribution in [0.15, 0.2) is 24.3 Å². The first-order valence-electron chi connectivity index (χ1n) is 7.80. The molecule has 1 N–H and O–H groups in total. The Hall–Kier alpha value is -1.80. The zero-order valence-electron chi connectivity index (χ0n) is 14.6. The van der Waals surface area contributed by atoms with Crippen molar-refractivity contribution in [3.63, 3.8) is 0 Å². The molecule has 1 aromatic carbocycles. The summed E-state index contributed by atoms with van der Waals surface area (Å²) in [4.78, 5) is 12.3. The molecule has 0 aliphatic rings. The molecule has 0 spiro atoms. The summed E-state index contributed by atoms with van der Waals surface area (Å²) >= 11 is 0. The molecule has 136 valence electrons. The van der Waals surface area contributed by atoms with Gasteiger partial charge in [0.1, 0.15) is 11.8 Å². The molecule has 0 unspecified atom stereocenters. The molecular formula is C16H26N2O5S. The second kappa shape index (κ2) is 9.48. The normalized spacial score (nSPS) is 12.5. The van der Waals surface area contributed by atoms with Gasteiger partial charge < -0.3 is 14.8 Å². The average molecular weight is 358 g/mol. The Labute approximate surface area is 144 Å². The summed E-state index contributed by atoms with van der Waals surface area (Å²) in [5.41, 5.74) is 0.412. The summed E-state index contributed by atoms with van der Waals surface area (Å²) in [5.74, 6) is 0.257. The van der Waals surface area contributed by atoms with Gasteiger partial charge in [-0.2, -0.15) is 0 Å². The molecule has 0 saturated carbocycles. The van der Waals surface area contributed by atoms with Crippen LogP contribution < -0.4 is 14.4 Å². The van der Waals surface area contributed by atoms with Gasteiger partial charge in [0, 0.05) is 19.8 Å². The van der Waals surface area contributed by atoms with Crippen molar-refractivity contribution in [2.24, 2.45) is 0 Å². The Kier molecular flexibility index (Phi) is 8.00. The van der Waals surface area contributed by atoms with E-state index in [1.807, 2.05) is 6.92 Å². The topological polar surface area (TPSA) is 84.9 Å². The van der Waals surface area contributed by atoms with E-state index in [0.717, 1.165) is 10.6 Å². The predicted octanol–water partition coefficient (Wildman–Crippen LogP) is 1.39. The fourth-order valence-corrected chi connectivity index (χ4v) is 3.39. The highest BCUT2D eigenvalue weighted by Gasteiger charge is 2.28. The Morgan fingerprint density at radius 1 is 1.29 bits per heavy atom. The highest BCUT2D eigenvalue weighted by atomic mass is 32.2. The zero-order chi connectivity index (χ0) is 18.2. The van der Waals surface area contributed by atoms with Crippen LogP contribution in [0.1, 0.15) is 20.3 Å². The monoisotopic (exact) mass is 358 g/mol. The van der Waals surface area contributed by atoms with Crippen molar-refractivity contribution in [3.8, 4) is 5.75 Å². The molecular weight excluding hydrogens is 332 g/mol. The van der Waals surface area contributed by atoms with Gasteiger partial charge in [-0.05, 0) is 44.5 Å². The quantitative estimate of drug-likeness (QED) is 0.639. The molecule has 8 heteroatoms. The van der Waals surface area contributed by atoms with Gasteiger partial charge in [-0.15, -0.1) is 0 Å². The number of anilines is 1. The number of benzene rings is 1. The molecule has 1 rings (SSSR count). The third-order valence-corrected chi connectivity index (χ3v) is 4.63. The predicted molar refractivity (Wildman–Crippen MR) is 93.9 cm³/mol. The van der Waals surface area contributed by atoms with E-state index in [2.05, 4.69) is 5.32 Å². The Balaban J connectivity index is 2.82. The van der Waals surface area contributed by atoms with Crippen LogP contribution in [0.3, 0.4) is 0 Å². The third-order valence-electron chi connectivity index (χ3n) is 3.38. The van der Waals surface area contributed by atoms with E-state index < -0.39 is 16.1 Å². The third kappa shape index (κ3) is 6.01. The SMILES string of the molecule is CCOCCCNC(=O)[C@@H](C)N(c1ccc(OC)cc1)S(C)(=O)=O. The number of rotatable bonds is 10. The minimum absolute atomic E-state index is 0.354. The van der Waals surface area contributed by atoms with Crippen LogP contribution in [0, 0.1) is 0 Å². The van der Waals surface area contributed by atoms with Crippen LogP contribution >= 0.6 is 0 Å². The molecule has 0 heterocycles. The lowest BCUT2D eigenvalue weighted by atomic mass is 10.2. The summed E-state index contributed by atoms with van der Waals surface area (Å²) in [7, 11) is -2.08. The lowest BCUT2D eigenvalue weighted by Crippen LogP contribution is -2.48. The van der Waals surface area contributed by atoms with Crippen LogP contribution in [0.4, 0.5) is 5.69 Å². The first-order chi connectivity index (χ1) is 11.3. The Morgan fingerprint density at radius 3 is 2.42 bits per heavy atom. The Morgan fingerprint density at radius 2 is 1.92 bits per heavy atom. The number of carbonyl (C=O) groups excluding carboxylic acids is 1. The van der Waals surface area contributed by atoms with E-state index in [9.17, 15) is 13.2 Å². The van der Waals surface area contributed by atoms with Crippen molar-refractivity contribution >= 4 is 21.6 Å². The molecule has 7 nitrogen and oxygen atoms in total. The lowest BCUT2D eigenvalue weighted by Gasteiger charge is -2.28. The maximum atomic E-state index is 12.3. The lowest BCUT2D eigenvalue weighted by molar-refractivity contribution is -0.121. The van der Waals surface area contributed by atoms with E-state index >= 15 is 0 Å². The van der Waals surface area contributed by atoms with E-state index in [4.69, 9.17) is 9.47 Å². The number of amides is 1. The highest BCUT2D eigenvalue weighted by molar-refractivity contribution is 7.92. The van der Waals surface area contributed by atoms with Gasteiger partial charge in [-0.1, -0.05) is 0 Å². The summed E-state index contributed by atoms with van der Waals surface area (Å²) in [6, 6.07) is 5.67. The van der Waals surface area contributed by atoms with Crippen LogP contribution in [0.2, 0.25) is 0 Å². The largest absolute Gasteiger partial charge is 0.497 e. The number of nitrogens with one attached hydrogen (secondary N) is 1. The number of nitrogens with zero attached hydrogens (tertiary/aromatic N) is 1. The fraction of sp³-hybridized carbons (Fsp3) is 0.562. The van der Waals surface area contributed by atoms with Crippen LogP contribution in [0.25, 0.3) is 0 Å². The summed E-state index contributed by atoms with van der Waals surface area (Å²) in [5, 5.41) is 2.74. The van der Waals surface area contributed by atoms with Crippen LogP contribution in [-0.2, 0) is 19.6 Å². The van der Waals surface area contributed by atoms with Gasteiger partial charge in [0.2, 0.25) is 15.9 Å². The van der Waals surface area contributed by atoms with Crippen molar-refractivity contribution in [3.05, 3.63) is 24.3 Å². The van der Waals surface area contributed by atoms with Crippen LogP contribution in [-0.4, -0.2) is 53.5 Å². The van der Waals surface area contributed by atoms with Crippen molar-refractivity contribution in [2.45, 2.75) is 26.3 Å². The number of hydrogen-bond acceptors (Lipinski definition) is 5. The minimum Gasteiger partial charge on any atom is -0.497 e. The number of sulfonamides is 1. The second-order valence-electron chi connectivity index (χ2n) is 5.27. The number of ether oxygens (including phenoxy) is 2. The van der Waals surface area contributed by atoms with E-state index in [0.29, 0.717) is 37.6 Å². The zero-order valence-corrected chi connectivity index (χ0v) is 15.4. The maximum absolute atomic E-state index is 12.3. The standard InChI is InChI=1S/C16H26N2O5S/c1-5-23-12-6-11-17-16(19)13(2)18(24(4,20)21)14-7-9-15(22-3)10-8-14/h7-10,13H,5-6,11-12H2,1-4H3,(H,17,19)/t13-/m1/s1. The van der Waals surface area contributed by atoms with Crippen molar-refractivity contribution in [1.29, 1.82) is 0 Å². The van der Waals surface area contributed by atoms with E-state index in [-0.39, 0.29) is 5.91 Å². The number of methoxy groups -OCH3 is 1. The molecule has 0 radical (unpaired) electrons. The molecule has 0 bridgehead atoms. The Bertz CT molecular complexity index is 616. The summed E-state index contributed by atoms with van der Waals surface area (Å²) in [6.07, 6.45) is 1.75. The summed E-state index contributed by atoms with van der Waals surface area (Å²) in [6.45, 7) is 5.08. The van der Waals surface area contributed by atoms with Gasteiger partial charge in [-0.3, -0.25) is 9.10 Å². The van der Waals surface area contributed by atoms with Gasteiger partial charge in [-0.25, -0.2) is 8.42 Å². The fourth-order valence-electron chi connectivity index (χ4n) is 2.22. The van der Waals surface area contributed by atoms with Gasteiger partial charge in [0.05, 0.1) is 19.1 Å². The smallest absolute Gasteiger partial charge is 0.243 e. The van der Waals surface area contributed by atoms with Gasteiger partial charge >= 0.3 is 0 Å². The number of carbonyl (C=O) groups is 1. The van der Waals surface area contributed by atoms with Crippen molar-refractivity contribution < 1.29 is 22.7 Å². The molecule has 0 aliphatic carbocycles. The molecule has 24 heavy (non-hydrogen) atoms. The first kappa shape index (κ1) is 20.2. The number of hydrogen-bond donors (Lipinski definition) is 1. The van der Waals surface area contributed by atoms with Gasteiger partial charge in [0.15, 0.2) is 0 Å². The molecule has 0 aromatic heterocycles.